The number of rotatable bonds is 10. The highest BCUT2D eigenvalue weighted by Gasteiger charge is 2.37. The summed E-state index contributed by atoms with van der Waals surface area (Å²) >= 11 is 0. The van der Waals surface area contributed by atoms with E-state index in [1.54, 1.807) is 52.8 Å². The Morgan fingerprint density at radius 2 is 1.70 bits per heavy atom. The van der Waals surface area contributed by atoms with Crippen molar-refractivity contribution in [1.82, 2.24) is 0 Å². The van der Waals surface area contributed by atoms with Gasteiger partial charge in [0.05, 0.1) is 21.1 Å². The predicted octanol–water partition coefficient (Wildman–Crippen LogP) is 5.74. The third-order valence-corrected chi connectivity index (χ3v) is 11.1. The fourth-order valence-corrected chi connectivity index (χ4v) is 5.93. The summed E-state index contributed by atoms with van der Waals surface area (Å²) in [6, 6.07) is 13.7. The Labute approximate surface area is 238 Å². The minimum absolute atomic E-state index is 0.00551. The van der Waals surface area contributed by atoms with Gasteiger partial charge >= 0.3 is 0 Å². The van der Waals surface area contributed by atoms with E-state index in [0.29, 0.717) is 16.9 Å². The van der Waals surface area contributed by atoms with Gasteiger partial charge in [0, 0.05) is 23.9 Å². The van der Waals surface area contributed by atoms with Gasteiger partial charge in [0.25, 0.3) is 0 Å². The number of nitrogens with zero attached hydrogens (tertiary/aromatic N) is 1. The van der Waals surface area contributed by atoms with Crippen LogP contribution in [-0.4, -0.2) is 50.0 Å². The Morgan fingerprint density at radius 3 is 2.23 bits per heavy atom. The second-order valence-corrected chi connectivity index (χ2v) is 15.9. The molecule has 0 radical (unpaired) electrons. The van der Waals surface area contributed by atoms with Crippen LogP contribution in [0.3, 0.4) is 0 Å². The SMILES string of the molecule is C=CN=C1C(c2cccc(OC(c3ccc(S(=O)(=O)CC)cc3)C(C)(C)O)c2)=CC(C(C)(C)S(C)(=O)=O)=CC1C. The van der Waals surface area contributed by atoms with Crippen LogP contribution in [0.1, 0.15) is 58.8 Å². The molecule has 0 fully saturated rings. The maximum Gasteiger partial charge on any atom is 0.178 e. The van der Waals surface area contributed by atoms with Crippen molar-refractivity contribution in [1.29, 1.82) is 0 Å². The smallest absolute Gasteiger partial charge is 0.178 e. The average molecular weight is 586 g/mol. The van der Waals surface area contributed by atoms with Gasteiger partial charge in [-0.2, -0.15) is 0 Å². The van der Waals surface area contributed by atoms with Gasteiger partial charge in [-0.05, 0) is 74.7 Å². The summed E-state index contributed by atoms with van der Waals surface area (Å²) in [6.45, 7) is 13.9. The minimum atomic E-state index is -3.41. The highest BCUT2D eigenvalue weighted by atomic mass is 32.2. The molecular formula is C31H39NO6S2. The monoisotopic (exact) mass is 585 g/mol. The van der Waals surface area contributed by atoms with Crippen LogP contribution in [-0.2, 0) is 19.7 Å². The van der Waals surface area contributed by atoms with Gasteiger partial charge in [0.1, 0.15) is 11.4 Å². The van der Waals surface area contributed by atoms with Crippen molar-refractivity contribution in [3.05, 3.63) is 90.2 Å². The van der Waals surface area contributed by atoms with Gasteiger partial charge in [-0.1, -0.05) is 50.8 Å². The van der Waals surface area contributed by atoms with E-state index in [4.69, 9.17) is 4.74 Å². The van der Waals surface area contributed by atoms with Gasteiger partial charge in [-0.3, -0.25) is 4.99 Å². The molecule has 3 rings (SSSR count). The Balaban J connectivity index is 2.07. The van der Waals surface area contributed by atoms with Crippen molar-refractivity contribution in [2.75, 3.05) is 12.0 Å². The van der Waals surface area contributed by atoms with Gasteiger partial charge in [0.2, 0.25) is 0 Å². The fourth-order valence-electron chi connectivity index (χ4n) is 4.49. The van der Waals surface area contributed by atoms with Crippen molar-refractivity contribution in [3.8, 4) is 5.75 Å². The molecule has 0 bridgehead atoms. The fraction of sp³-hybridized carbons (Fsp3) is 0.387. The summed E-state index contributed by atoms with van der Waals surface area (Å²) in [7, 11) is -6.77. The number of hydrogen-bond acceptors (Lipinski definition) is 7. The second kappa shape index (κ2) is 11.5. The lowest BCUT2D eigenvalue weighted by atomic mass is 9.82. The van der Waals surface area contributed by atoms with E-state index < -0.39 is 36.1 Å². The molecule has 2 aromatic rings. The molecule has 0 amide bonds. The van der Waals surface area contributed by atoms with E-state index >= 15 is 0 Å². The molecule has 0 aromatic heterocycles. The Morgan fingerprint density at radius 1 is 1.07 bits per heavy atom. The first-order valence-corrected chi connectivity index (χ1v) is 16.6. The maximum absolute atomic E-state index is 12.6. The van der Waals surface area contributed by atoms with Crippen LogP contribution < -0.4 is 4.74 Å². The van der Waals surface area contributed by atoms with Crippen molar-refractivity contribution in [3.63, 3.8) is 0 Å². The number of benzene rings is 2. The van der Waals surface area contributed by atoms with Crippen LogP contribution in [0.15, 0.2) is 88.9 Å². The molecule has 0 saturated carbocycles. The largest absolute Gasteiger partial charge is 0.483 e. The Bertz CT molecular complexity index is 1570. The number of sulfone groups is 2. The topological polar surface area (TPSA) is 110 Å². The lowest BCUT2D eigenvalue weighted by molar-refractivity contribution is -0.0354. The molecule has 0 saturated heterocycles. The summed E-state index contributed by atoms with van der Waals surface area (Å²) in [6.07, 6.45) is 5.66. The summed E-state index contributed by atoms with van der Waals surface area (Å²) in [5.74, 6) is 0.301. The standard InChI is InChI=1S/C31H39NO6S2/c1-9-32-28-21(3)18-24(31(6,7)39(8,34)35)20-27(28)23-12-11-13-25(19-23)38-29(30(4,5)33)22-14-16-26(17-15-22)40(36,37)10-2/h9,11-21,29,33H,1,10H2,2-8H3. The average Bonchev–Trinajstić information content (AvgIpc) is 2.87. The molecule has 2 unspecified atom stereocenters. The molecular weight excluding hydrogens is 546 g/mol. The summed E-state index contributed by atoms with van der Waals surface area (Å²) < 4.78 is 54.9. The molecule has 1 aliphatic rings. The van der Waals surface area contributed by atoms with Crippen molar-refractivity contribution in [2.45, 2.75) is 62.9 Å². The lowest BCUT2D eigenvalue weighted by Crippen LogP contribution is -2.34. The van der Waals surface area contributed by atoms with Gasteiger partial charge in [-0.15, -0.1) is 0 Å². The zero-order chi connectivity index (χ0) is 30.1. The second-order valence-electron chi connectivity index (χ2n) is 11.1. The number of allylic oxidation sites excluding steroid dienone is 3. The number of ether oxygens (including phenoxy) is 1. The van der Waals surface area contributed by atoms with E-state index in [9.17, 15) is 21.9 Å². The van der Waals surface area contributed by atoms with E-state index in [0.717, 1.165) is 16.8 Å². The molecule has 216 valence electrons. The normalized spacial score (nSPS) is 18.6. The lowest BCUT2D eigenvalue weighted by Gasteiger charge is -2.31. The third-order valence-electron chi connectivity index (χ3n) is 7.25. The number of aliphatic imine (C=N–C) groups is 1. The van der Waals surface area contributed by atoms with E-state index in [1.165, 1.54) is 24.6 Å². The molecule has 40 heavy (non-hydrogen) atoms. The molecule has 1 aliphatic carbocycles. The Hall–Kier alpha value is -3.01. The van der Waals surface area contributed by atoms with Crippen LogP contribution in [0.2, 0.25) is 0 Å². The van der Waals surface area contributed by atoms with Crippen LogP contribution in [0, 0.1) is 5.92 Å². The first kappa shape index (κ1) is 31.5. The Kier molecular flexibility index (Phi) is 9.03. The minimum Gasteiger partial charge on any atom is -0.483 e. The first-order chi connectivity index (χ1) is 18.4. The molecule has 1 N–H and O–H groups in total. The summed E-state index contributed by atoms with van der Waals surface area (Å²) in [4.78, 5) is 4.71. The molecule has 9 heteroatoms. The van der Waals surface area contributed by atoms with Crippen molar-refractivity contribution in [2.24, 2.45) is 10.9 Å². The zero-order valence-electron chi connectivity index (χ0n) is 24.2. The number of hydrogen-bond donors (Lipinski definition) is 1. The molecule has 2 atom stereocenters. The van der Waals surface area contributed by atoms with E-state index in [2.05, 4.69) is 11.6 Å². The molecule has 0 spiro atoms. The molecule has 0 heterocycles. The molecule has 2 aromatic carbocycles. The van der Waals surface area contributed by atoms with Crippen molar-refractivity contribution >= 4 is 31.0 Å². The predicted molar refractivity (Wildman–Crippen MR) is 162 cm³/mol. The summed E-state index contributed by atoms with van der Waals surface area (Å²) in [5.41, 5.74) is 2.24. The van der Waals surface area contributed by atoms with Gasteiger partial charge in [-0.25, -0.2) is 16.8 Å². The third kappa shape index (κ3) is 6.65. The van der Waals surface area contributed by atoms with Crippen LogP contribution in [0.25, 0.3) is 5.57 Å². The maximum atomic E-state index is 12.6. The highest BCUT2D eigenvalue weighted by molar-refractivity contribution is 7.92. The van der Waals surface area contributed by atoms with Crippen LogP contribution in [0.4, 0.5) is 0 Å². The highest BCUT2D eigenvalue weighted by Crippen LogP contribution is 2.38. The van der Waals surface area contributed by atoms with Crippen LogP contribution in [0.5, 0.6) is 5.75 Å². The van der Waals surface area contributed by atoms with Gasteiger partial charge < -0.3 is 9.84 Å². The van der Waals surface area contributed by atoms with Crippen molar-refractivity contribution < 1.29 is 26.7 Å². The number of aliphatic hydroxyl groups is 1. The summed E-state index contributed by atoms with van der Waals surface area (Å²) in [5, 5.41) is 11.0. The van der Waals surface area contributed by atoms with Gasteiger partial charge in [0.15, 0.2) is 25.8 Å². The molecule has 0 aliphatic heterocycles. The zero-order valence-corrected chi connectivity index (χ0v) is 25.8. The van der Waals surface area contributed by atoms with E-state index in [-0.39, 0.29) is 16.6 Å². The van der Waals surface area contributed by atoms with Crippen LogP contribution >= 0.6 is 0 Å². The quantitative estimate of drug-likeness (QED) is 0.381. The van der Waals surface area contributed by atoms with E-state index in [1.807, 2.05) is 37.3 Å². The molecule has 7 nitrogen and oxygen atoms in total. The first-order valence-electron chi connectivity index (χ1n) is 13.1.